The SMILES string of the molecule is Cc1ccc(-n2nc(C(=O)NCCCN)c3c2CCC3)c(C)c1.Cl. The van der Waals surface area contributed by atoms with E-state index in [4.69, 9.17) is 5.73 Å². The second-order valence-corrected chi connectivity index (χ2v) is 6.23. The molecule has 1 amide bonds. The fourth-order valence-corrected chi connectivity index (χ4v) is 3.25. The lowest BCUT2D eigenvalue weighted by molar-refractivity contribution is 0.0947. The summed E-state index contributed by atoms with van der Waals surface area (Å²) in [4.78, 5) is 12.4. The Morgan fingerprint density at radius 2 is 2.12 bits per heavy atom. The number of halogens is 1. The summed E-state index contributed by atoms with van der Waals surface area (Å²) < 4.78 is 1.97. The van der Waals surface area contributed by atoms with Crippen molar-refractivity contribution in [2.75, 3.05) is 13.1 Å². The first-order valence-corrected chi connectivity index (χ1v) is 8.28. The second-order valence-electron chi connectivity index (χ2n) is 6.23. The number of nitrogens with one attached hydrogen (secondary N) is 1. The van der Waals surface area contributed by atoms with Gasteiger partial charge in [0.25, 0.3) is 5.91 Å². The molecule has 6 heteroatoms. The topological polar surface area (TPSA) is 72.9 Å². The molecule has 130 valence electrons. The molecule has 0 spiro atoms. The van der Waals surface area contributed by atoms with E-state index in [1.165, 1.54) is 16.8 Å². The highest BCUT2D eigenvalue weighted by atomic mass is 35.5. The maximum absolute atomic E-state index is 12.4. The maximum atomic E-state index is 12.4. The molecule has 3 N–H and O–H groups in total. The van der Waals surface area contributed by atoms with Crippen molar-refractivity contribution < 1.29 is 4.79 Å². The number of rotatable bonds is 5. The molecule has 5 nitrogen and oxygen atoms in total. The van der Waals surface area contributed by atoms with Gasteiger partial charge in [0.15, 0.2) is 5.69 Å². The van der Waals surface area contributed by atoms with Crippen molar-refractivity contribution in [2.24, 2.45) is 5.73 Å². The number of carbonyl (C=O) groups is 1. The van der Waals surface area contributed by atoms with Crippen molar-refractivity contribution in [2.45, 2.75) is 39.5 Å². The highest BCUT2D eigenvalue weighted by Crippen LogP contribution is 2.29. The monoisotopic (exact) mass is 348 g/mol. The van der Waals surface area contributed by atoms with E-state index in [1.54, 1.807) is 0 Å². The molecule has 1 heterocycles. The van der Waals surface area contributed by atoms with Crippen LogP contribution in [0.15, 0.2) is 18.2 Å². The van der Waals surface area contributed by atoms with Crippen molar-refractivity contribution in [1.29, 1.82) is 0 Å². The number of hydrogen-bond acceptors (Lipinski definition) is 3. The van der Waals surface area contributed by atoms with Crippen molar-refractivity contribution in [3.8, 4) is 5.69 Å². The lowest BCUT2D eigenvalue weighted by Gasteiger charge is -2.09. The number of carbonyl (C=O) groups excluding carboxylic acids is 1. The Morgan fingerprint density at radius 1 is 1.33 bits per heavy atom. The zero-order valence-electron chi connectivity index (χ0n) is 14.3. The fourth-order valence-electron chi connectivity index (χ4n) is 3.25. The smallest absolute Gasteiger partial charge is 0.272 e. The Morgan fingerprint density at radius 3 is 2.83 bits per heavy atom. The molecular formula is C18H25ClN4O. The summed E-state index contributed by atoms with van der Waals surface area (Å²) in [6.07, 6.45) is 3.78. The number of nitrogens with zero attached hydrogens (tertiary/aromatic N) is 2. The molecule has 0 atom stereocenters. The van der Waals surface area contributed by atoms with Gasteiger partial charge in [0.1, 0.15) is 0 Å². The largest absolute Gasteiger partial charge is 0.351 e. The van der Waals surface area contributed by atoms with E-state index in [9.17, 15) is 4.79 Å². The lowest BCUT2D eigenvalue weighted by Crippen LogP contribution is -2.27. The molecule has 2 aromatic rings. The zero-order chi connectivity index (χ0) is 16.4. The van der Waals surface area contributed by atoms with Gasteiger partial charge in [-0.3, -0.25) is 4.79 Å². The van der Waals surface area contributed by atoms with Crippen LogP contribution in [0.3, 0.4) is 0 Å². The first-order chi connectivity index (χ1) is 11.1. The number of nitrogens with two attached hydrogens (primary N) is 1. The number of aromatic nitrogens is 2. The van der Waals surface area contributed by atoms with E-state index < -0.39 is 0 Å². The molecule has 1 aromatic carbocycles. The molecule has 0 saturated heterocycles. The van der Waals surface area contributed by atoms with E-state index in [2.05, 4.69) is 42.5 Å². The number of fused-ring (bicyclic) bond motifs is 1. The van der Waals surface area contributed by atoms with E-state index in [1.807, 2.05) is 4.68 Å². The normalized spacial score (nSPS) is 12.6. The van der Waals surface area contributed by atoms with Crippen LogP contribution in [0.4, 0.5) is 0 Å². The molecule has 3 rings (SSSR count). The quantitative estimate of drug-likeness (QED) is 0.815. The van der Waals surface area contributed by atoms with Crippen molar-refractivity contribution in [1.82, 2.24) is 15.1 Å². The Hall–Kier alpha value is -1.85. The third-order valence-electron chi connectivity index (χ3n) is 4.39. The molecule has 0 radical (unpaired) electrons. The molecular weight excluding hydrogens is 324 g/mol. The first kappa shape index (κ1) is 18.5. The summed E-state index contributed by atoms with van der Waals surface area (Å²) in [5.41, 5.74) is 11.8. The number of benzene rings is 1. The molecule has 0 aliphatic heterocycles. The fraction of sp³-hybridized carbons (Fsp3) is 0.444. The van der Waals surface area contributed by atoms with Crippen LogP contribution >= 0.6 is 12.4 Å². The van der Waals surface area contributed by atoms with Gasteiger partial charge in [-0.05, 0) is 57.7 Å². The van der Waals surface area contributed by atoms with Gasteiger partial charge in [0.05, 0.1) is 5.69 Å². The Balaban J connectivity index is 0.00000208. The summed E-state index contributed by atoms with van der Waals surface area (Å²) in [7, 11) is 0. The minimum atomic E-state index is -0.0832. The van der Waals surface area contributed by atoms with Crippen LogP contribution in [0.1, 0.15) is 45.7 Å². The molecule has 0 unspecified atom stereocenters. The number of aryl methyl sites for hydroxylation is 2. The van der Waals surface area contributed by atoms with Gasteiger partial charge in [-0.25, -0.2) is 4.68 Å². The molecule has 1 aromatic heterocycles. The minimum absolute atomic E-state index is 0. The van der Waals surface area contributed by atoms with Crippen LogP contribution in [0.5, 0.6) is 0 Å². The predicted octanol–water partition coefficient (Wildman–Crippen LogP) is 2.48. The van der Waals surface area contributed by atoms with E-state index in [0.717, 1.165) is 36.9 Å². The third kappa shape index (κ3) is 3.47. The van der Waals surface area contributed by atoms with Crippen molar-refractivity contribution in [3.63, 3.8) is 0 Å². The number of hydrogen-bond donors (Lipinski definition) is 2. The van der Waals surface area contributed by atoms with Crippen LogP contribution in [0, 0.1) is 13.8 Å². The van der Waals surface area contributed by atoms with Gasteiger partial charge >= 0.3 is 0 Å². The van der Waals surface area contributed by atoms with Gasteiger partial charge in [-0.15, -0.1) is 12.4 Å². The van der Waals surface area contributed by atoms with E-state index >= 15 is 0 Å². The summed E-state index contributed by atoms with van der Waals surface area (Å²) in [5.74, 6) is -0.0832. The lowest BCUT2D eigenvalue weighted by atomic mass is 10.1. The van der Waals surface area contributed by atoms with Gasteiger partial charge in [-0.2, -0.15) is 5.10 Å². The molecule has 0 saturated carbocycles. The van der Waals surface area contributed by atoms with Crippen molar-refractivity contribution in [3.05, 3.63) is 46.3 Å². The van der Waals surface area contributed by atoms with Crippen LogP contribution in [0.2, 0.25) is 0 Å². The van der Waals surface area contributed by atoms with Crippen LogP contribution in [-0.4, -0.2) is 28.8 Å². The molecule has 24 heavy (non-hydrogen) atoms. The van der Waals surface area contributed by atoms with Crippen LogP contribution in [-0.2, 0) is 12.8 Å². The summed E-state index contributed by atoms with van der Waals surface area (Å²) in [5, 5.41) is 7.57. The van der Waals surface area contributed by atoms with Crippen LogP contribution in [0.25, 0.3) is 5.69 Å². The molecule has 0 fully saturated rings. The Bertz CT molecular complexity index is 739. The van der Waals surface area contributed by atoms with Gasteiger partial charge < -0.3 is 11.1 Å². The highest BCUT2D eigenvalue weighted by molar-refractivity contribution is 5.94. The predicted molar refractivity (Wildman–Crippen MR) is 98.3 cm³/mol. The van der Waals surface area contributed by atoms with Crippen molar-refractivity contribution >= 4 is 18.3 Å². The standard InChI is InChI=1S/C18H24N4O.ClH/c1-12-7-8-15(13(2)11-12)22-16-6-3-5-14(16)17(21-22)18(23)20-10-4-9-19;/h7-8,11H,3-6,9-10,19H2,1-2H3,(H,20,23);1H. The summed E-state index contributed by atoms with van der Waals surface area (Å²) >= 11 is 0. The Kier molecular flexibility index (Phi) is 6.02. The third-order valence-corrected chi connectivity index (χ3v) is 4.39. The first-order valence-electron chi connectivity index (χ1n) is 8.28. The van der Waals surface area contributed by atoms with E-state index in [-0.39, 0.29) is 18.3 Å². The van der Waals surface area contributed by atoms with Gasteiger partial charge in [0, 0.05) is 17.8 Å². The second kappa shape index (κ2) is 7.81. The number of amides is 1. The minimum Gasteiger partial charge on any atom is -0.351 e. The van der Waals surface area contributed by atoms with Gasteiger partial charge in [-0.1, -0.05) is 17.7 Å². The summed E-state index contributed by atoms with van der Waals surface area (Å²) in [6.45, 7) is 5.35. The van der Waals surface area contributed by atoms with Crippen LogP contribution < -0.4 is 11.1 Å². The molecule has 1 aliphatic carbocycles. The summed E-state index contributed by atoms with van der Waals surface area (Å²) in [6, 6.07) is 6.33. The molecule has 0 bridgehead atoms. The maximum Gasteiger partial charge on any atom is 0.272 e. The average molecular weight is 349 g/mol. The highest BCUT2D eigenvalue weighted by Gasteiger charge is 2.27. The molecule has 1 aliphatic rings. The zero-order valence-corrected chi connectivity index (χ0v) is 15.1. The van der Waals surface area contributed by atoms with Gasteiger partial charge in [0.2, 0.25) is 0 Å². The average Bonchev–Trinajstić information content (AvgIpc) is 3.10. The Labute approximate surface area is 149 Å². The van der Waals surface area contributed by atoms with E-state index in [0.29, 0.717) is 18.8 Å².